The van der Waals surface area contributed by atoms with Gasteiger partial charge in [0.2, 0.25) is 11.8 Å². The van der Waals surface area contributed by atoms with Gasteiger partial charge in [-0.2, -0.15) is 0 Å². The molecule has 3 aromatic rings. The Hall–Kier alpha value is -3.31. The van der Waals surface area contributed by atoms with E-state index in [0.29, 0.717) is 5.39 Å². The Morgan fingerprint density at radius 1 is 1.24 bits per heavy atom. The monoisotopic (exact) mass is 569 g/mol. The SMILES string of the molecule is CC(=O)c1cn(CC(=O)N2C[C@H](F)C[C@H]2C(=O)NCc2cccc(Cl)c2F)c2cc(OP(=O)(O)O)ccc12. The highest BCUT2D eigenvalue weighted by Crippen LogP contribution is 2.39. The van der Waals surface area contributed by atoms with Gasteiger partial charge in [-0.1, -0.05) is 23.7 Å². The molecule has 1 aliphatic heterocycles. The molecule has 14 heteroatoms. The number of hydrogen-bond acceptors (Lipinski definition) is 5. The van der Waals surface area contributed by atoms with Crippen LogP contribution in [0.1, 0.15) is 29.3 Å². The number of alkyl halides is 1. The molecule has 1 aliphatic rings. The maximum atomic E-state index is 14.3. The van der Waals surface area contributed by atoms with Crippen molar-refractivity contribution in [3.8, 4) is 5.75 Å². The lowest BCUT2D eigenvalue weighted by Crippen LogP contribution is -2.46. The molecule has 0 spiro atoms. The number of hydrogen-bond donors (Lipinski definition) is 3. The maximum absolute atomic E-state index is 14.3. The van der Waals surface area contributed by atoms with Crippen LogP contribution < -0.4 is 9.84 Å². The first kappa shape index (κ1) is 27.7. The lowest BCUT2D eigenvalue weighted by atomic mass is 10.1. The van der Waals surface area contributed by atoms with Crippen LogP contribution in [0.3, 0.4) is 0 Å². The average Bonchev–Trinajstić information content (AvgIpc) is 3.39. The summed E-state index contributed by atoms with van der Waals surface area (Å²) < 4.78 is 45.7. The summed E-state index contributed by atoms with van der Waals surface area (Å²) in [5.74, 6) is -2.51. The predicted octanol–water partition coefficient (Wildman–Crippen LogP) is 3.36. The van der Waals surface area contributed by atoms with Gasteiger partial charge in [0.15, 0.2) is 5.78 Å². The number of carbonyl (C=O) groups is 3. The van der Waals surface area contributed by atoms with Crippen molar-refractivity contribution in [3.05, 3.63) is 64.6 Å². The predicted molar refractivity (Wildman–Crippen MR) is 133 cm³/mol. The van der Waals surface area contributed by atoms with E-state index in [-0.39, 0.29) is 52.7 Å². The number of carbonyl (C=O) groups excluding carboxylic acids is 3. The van der Waals surface area contributed by atoms with E-state index in [1.165, 1.54) is 54.1 Å². The number of rotatable bonds is 8. The topological polar surface area (TPSA) is 138 Å². The fourth-order valence-corrected chi connectivity index (χ4v) is 4.99. The van der Waals surface area contributed by atoms with Crippen LogP contribution in [0.5, 0.6) is 5.75 Å². The molecular formula is C24H23ClF2N3O7P. The number of benzene rings is 2. The molecule has 0 radical (unpaired) electrons. The van der Waals surface area contributed by atoms with Crippen molar-refractivity contribution in [3.63, 3.8) is 0 Å². The lowest BCUT2D eigenvalue weighted by Gasteiger charge is -2.24. The van der Waals surface area contributed by atoms with Gasteiger partial charge < -0.3 is 19.3 Å². The molecule has 1 aromatic heterocycles. The van der Waals surface area contributed by atoms with Gasteiger partial charge in [0.05, 0.1) is 17.1 Å². The van der Waals surface area contributed by atoms with Gasteiger partial charge in [0.25, 0.3) is 0 Å². The molecule has 0 unspecified atom stereocenters. The number of aromatic nitrogens is 1. The fraction of sp³-hybridized carbons (Fsp3) is 0.292. The fourth-order valence-electron chi connectivity index (χ4n) is 4.41. The van der Waals surface area contributed by atoms with Crippen LogP contribution in [0, 0.1) is 5.82 Å². The first-order chi connectivity index (χ1) is 17.8. The lowest BCUT2D eigenvalue weighted by molar-refractivity contribution is -0.139. The number of nitrogens with one attached hydrogen (secondary N) is 1. The molecule has 3 N–H and O–H groups in total. The standard InChI is InChI=1S/C24H23ClF2N3O7P/c1-13(31)18-11-29(20-8-16(5-6-17(18)20)37-38(34,35)36)12-22(32)30-10-15(26)7-21(30)24(33)28-9-14-3-2-4-19(25)23(14)27/h2-6,8,11,15,21H,7,9-10,12H2,1H3,(H,28,33)(H2,34,35,36)/t15-,21+/m1/s1. The van der Waals surface area contributed by atoms with Gasteiger partial charge in [0, 0.05) is 41.7 Å². The summed E-state index contributed by atoms with van der Waals surface area (Å²) in [6.07, 6.45) is -0.317. The van der Waals surface area contributed by atoms with E-state index in [9.17, 15) is 27.7 Å². The van der Waals surface area contributed by atoms with E-state index in [4.69, 9.17) is 21.4 Å². The van der Waals surface area contributed by atoms with E-state index >= 15 is 0 Å². The quantitative estimate of drug-likeness (QED) is 0.279. The Labute approximate surface area is 220 Å². The summed E-state index contributed by atoms with van der Waals surface area (Å²) in [6.45, 7) is 0.363. The largest absolute Gasteiger partial charge is 0.524 e. The number of likely N-dealkylation sites (tertiary alicyclic amines) is 1. The summed E-state index contributed by atoms with van der Waals surface area (Å²) in [7, 11) is -4.87. The third kappa shape index (κ3) is 6.05. The van der Waals surface area contributed by atoms with Gasteiger partial charge in [0.1, 0.15) is 30.3 Å². The third-order valence-electron chi connectivity index (χ3n) is 6.12. The van der Waals surface area contributed by atoms with Crippen LogP contribution >= 0.6 is 19.4 Å². The Morgan fingerprint density at radius 2 is 1.97 bits per heavy atom. The molecule has 38 heavy (non-hydrogen) atoms. The number of ketones is 1. The number of fused-ring (bicyclic) bond motifs is 1. The molecule has 0 saturated carbocycles. The van der Waals surface area contributed by atoms with Crippen molar-refractivity contribution in [2.24, 2.45) is 0 Å². The van der Waals surface area contributed by atoms with Crippen molar-refractivity contribution < 1.29 is 42.0 Å². The van der Waals surface area contributed by atoms with E-state index in [0.717, 1.165) is 4.90 Å². The third-order valence-corrected chi connectivity index (χ3v) is 6.86. The molecule has 1 saturated heterocycles. The molecule has 202 valence electrons. The van der Waals surface area contributed by atoms with Crippen molar-refractivity contribution in [2.45, 2.75) is 38.6 Å². The van der Waals surface area contributed by atoms with Gasteiger partial charge in [-0.25, -0.2) is 13.3 Å². The summed E-state index contributed by atoms with van der Waals surface area (Å²) in [4.78, 5) is 57.5. The second-order valence-electron chi connectivity index (χ2n) is 8.81. The second-order valence-corrected chi connectivity index (χ2v) is 10.4. The molecule has 4 rings (SSSR count). The first-order valence-corrected chi connectivity index (χ1v) is 13.3. The summed E-state index contributed by atoms with van der Waals surface area (Å²) in [5.41, 5.74) is 0.642. The maximum Gasteiger partial charge on any atom is 0.524 e. The Kier molecular flexibility index (Phi) is 7.89. The number of phosphoric ester groups is 1. The molecular weight excluding hydrogens is 547 g/mol. The Morgan fingerprint density at radius 3 is 2.66 bits per heavy atom. The van der Waals surface area contributed by atoms with Crippen molar-refractivity contribution >= 4 is 47.9 Å². The molecule has 2 atom stereocenters. The van der Waals surface area contributed by atoms with Crippen LogP contribution in [-0.4, -0.2) is 55.6 Å². The average molecular weight is 570 g/mol. The van der Waals surface area contributed by atoms with Crippen molar-refractivity contribution in [1.82, 2.24) is 14.8 Å². The van der Waals surface area contributed by atoms with Gasteiger partial charge in [-0.15, -0.1) is 0 Å². The van der Waals surface area contributed by atoms with Gasteiger partial charge in [-0.05, 0) is 25.1 Å². The van der Waals surface area contributed by atoms with E-state index in [1.54, 1.807) is 0 Å². The highest BCUT2D eigenvalue weighted by molar-refractivity contribution is 7.46. The van der Waals surface area contributed by atoms with Crippen LogP contribution in [0.15, 0.2) is 42.6 Å². The van der Waals surface area contributed by atoms with Crippen molar-refractivity contribution in [1.29, 1.82) is 0 Å². The Bertz CT molecular complexity index is 1470. The minimum atomic E-state index is -4.87. The van der Waals surface area contributed by atoms with Gasteiger partial charge in [-0.3, -0.25) is 24.2 Å². The van der Waals surface area contributed by atoms with Crippen LogP contribution in [-0.2, 0) is 27.2 Å². The second kappa shape index (κ2) is 10.8. The number of phosphoric acid groups is 1. The summed E-state index contributed by atoms with van der Waals surface area (Å²) in [5, 5.41) is 2.81. The molecule has 10 nitrogen and oxygen atoms in total. The summed E-state index contributed by atoms with van der Waals surface area (Å²) >= 11 is 5.76. The number of amides is 2. The van der Waals surface area contributed by atoms with Crippen LogP contribution in [0.4, 0.5) is 8.78 Å². The highest BCUT2D eigenvalue weighted by Gasteiger charge is 2.39. The molecule has 2 aromatic carbocycles. The number of nitrogens with zero attached hydrogens (tertiary/aromatic N) is 2. The first-order valence-electron chi connectivity index (χ1n) is 11.4. The number of halogens is 3. The molecule has 0 bridgehead atoms. The zero-order chi connectivity index (χ0) is 27.8. The van der Waals surface area contributed by atoms with Crippen LogP contribution in [0.25, 0.3) is 10.9 Å². The highest BCUT2D eigenvalue weighted by atomic mass is 35.5. The number of Topliss-reactive ketones (excluding diaryl/α,β-unsaturated/α-hetero) is 1. The smallest absolute Gasteiger partial charge is 0.404 e. The molecule has 2 heterocycles. The van der Waals surface area contributed by atoms with E-state index in [2.05, 4.69) is 9.84 Å². The Balaban J connectivity index is 1.55. The molecule has 2 amide bonds. The minimum absolute atomic E-state index is 0.114. The van der Waals surface area contributed by atoms with Gasteiger partial charge >= 0.3 is 7.82 Å². The zero-order valence-electron chi connectivity index (χ0n) is 19.9. The molecule has 1 fully saturated rings. The van der Waals surface area contributed by atoms with E-state index < -0.39 is 44.2 Å². The van der Waals surface area contributed by atoms with E-state index in [1.807, 2.05) is 0 Å². The normalized spacial score (nSPS) is 17.6. The van der Waals surface area contributed by atoms with Crippen molar-refractivity contribution in [2.75, 3.05) is 6.54 Å². The zero-order valence-corrected chi connectivity index (χ0v) is 21.6. The van der Waals surface area contributed by atoms with Crippen LogP contribution in [0.2, 0.25) is 5.02 Å². The summed E-state index contributed by atoms with van der Waals surface area (Å²) in [6, 6.07) is 7.13. The molecule has 0 aliphatic carbocycles. The minimum Gasteiger partial charge on any atom is -0.404 e.